The fourth-order valence-corrected chi connectivity index (χ4v) is 4.04. The molecule has 2 aromatic heterocycles. The predicted octanol–water partition coefficient (Wildman–Crippen LogP) is 6.68. The number of pyridine rings is 1. The number of rotatable bonds is 5. The normalized spacial score (nSPS) is 16.1. The van der Waals surface area contributed by atoms with Gasteiger partial charge in [0.05, 0.1) is 35.5 Å². The number of hydrogen-bond donors (Lipinski definition) is 1. The maximum absolute atomic E-state index is 13.4. The van der Waals surface area contributed by atoms with Crippen LogP contribution < -0.4 is 4.74 Å². The van der Waals surface area contributed by atoms with Crippen LogP contribution in [0.5, 0.6) is 6.01 Å². The second kappa shape index (κ2) is 14.1. The largest absolute Gasteiger partial charge is 0.467 e. The summed E-state index contributed by atoms with van der Waals surface area (Å²) in [5.41, 5.74) is 2.28. The summed E-state index contributed by atoms with van der Waals surface area (Å²) < 4.78 is 45.2. The summed E-state index contributed by atoms with van der Waals surface area (Å²) in [7, 11) is 1.47. The molecule has 7 nitrogen and oxygen atoms in total. The van der Waals surface area contributed by atoms with Crippen LogP contribution in [-0.4, -0.2) is 44.5 Å². The van der Waals surface area contributed by atoms with Crippen LogP contribution >= 0.6 is 0 Å². The summed E-state index contributed by atoms with van der Waals surface area (Å²) in [5, 5.41) is 11.0. The van der Waals surface area contributed by atoms with Gasteiger partial charge in [-0.3, -0.25) is 4.99 Å². The lowest BCUT2D eigenvalue weighted by atomic mass is 9.84. The summed E-state index contributed by atoms with van der Waals surface area (Å²) in [5.74, 6) is 0. The van der Waals surface area contributed by atoms with E-state index in [1.54, 1.807) is 31.5 Å². The van der Waals surface area contributed by atoms with Gasteiger partial charge in [0.25, 0.3) is 0 Å². The molecule has 0 radical (unpaired) electrons. The van der Waals surface area contributed by atoms with Crippen LogP contribution in [0.15, 0.2) is 64.6 Å². The summed E-state index contributed by atoms with van der Waals surface area (Å²) in [4.78, 5) is 17.6. The van der Waals surface area contributed by atoms with Crippen molar-refractivity contribution in [2.24, 2.45) is 4.99 Å². The van der Waals surface area contributed by atoms with Crippen molar-refractivity contribution in [3.8, 4) is 17.3 Å². The van der Waals surface area contributed by atoms with Gasteiger partial charge in [-0.2, -0.15) is 13.2 Å². The van der Waals surface area contributed by atoms with Crippen molar-refractivity contribution >= 4 is 5.71 Å². The Bertz CT molecular complexity index is 1230. The average Bonchev–Trinajstić information content (AvgIpc) is 2.94. The zero-order chi connectivity index (χ0) is 28.7. The van der Waals surface area contributed by atoms with E-state index in [0.29, 0.717) is 53.1 Å². The predicted molar refractivity (Wildman–Crippen MR) is 149 cm³/mol. The van der Waals surface area contributed by atoms with Crippen molar-refractivity contribution in [1.29, 1.82) is 0 Å². The van der Waals surface area contributed by atoms with Crippen LogP contribution in [-0.2, 0) is 5.60 Å². The Hall–Kier alpha value is -3.37. The molecule has 0 amide bonds. The number of methoxy groups -OCH3 is 1. The van der Waals surface area contributed by atoms with E-state index in [9.17, 15) is 18.3 Å². The van der Waals surface area contributed by atoms with Crippen molar-refractivity contribution in [1.82, 2.24) is 15.0 Å². The van der Waals surface area contributed by atoms with E-state index >= 15 is 0 Å². The van der Waals surface area contributed by atoms with E-state index in [1.807, 2.05) is 34.6 Å². The van der Waals surface area contributed by atoms with Crippen LogP contribution in [0.2, 0.25) is 0 Å². The molecule has 1 aliphatic carbocycles. The Morgan fingerprint density at radius 2 is 1.67 bits per heavy atom. The first-order valence-electron chi connectivity index (χ1n) is 12.9. The highest BCUT2D eigenvalue weighted by atomic mass is 19.4. The molecule has 2 aliphatic rings. The molecule has 1 unspecified atom stereocenters. The number of aromatic nitrogens is 3. The maximum Gasteiger partial charge on any atom is 0.413 e. The van der Waals surface area contributed by atoms with Gasteiger partial charge < -0.3 is 15.3 Å². The number of ether oxygens (including phenoxy) is 1. The molecule has 10 heteroatoms. The molecule has 214 valence electrons. The Morgan fingerprint density at radius 1 is 1.05 bits per heavy atom. The van der Waals surface area contributed by atoms with Gasteiger partial charge in [-0.05, 0) is 49.5 Å². The van der Waals surface area contributed by atoms with E-state index in [2.05, 4.69) is 21.5 Å². The molecule has 2 aromatic rings. The number of aliphatic hydroxyl groups is 1. The standard InChI is InChI=1S/C25H25F3N4O2.2C2H6.H2O/c1-5-24(3,33)18-7-9-19(15-12-29-23(34-4)30-13-15)32-22(18)20-8-6-17-14(2)10-16(25(26,27)28)11-21(17)31-20;2*1-2;/h7,9,11-13,33H,2,5-6,8,10H2,1,3-4H3;2*1-2H3;1H2. The van der Waals surface area contributed by atoms with Gasteiger partial charge in [-0.25, -0.2) is 15.0 Å². The monoisotopic (exact) mass is 548 g/mol. The number of nitrogens with zero attached hydrogens (tertiary/aromatic N) is 4. The molecule has 39 heavy (non-hydrogen) atoms. The van der Waals surface area contributed by atoms with E-state index < -0.39 is 17.4 Å². The smallest absolute Gasteiger partial charge is 0.413 e. The van der Waals surface area contributed by atoms with Gasteiger partial charge in [0.15, 0.2) is 0 Å². The number of alkyl halides is 3. The molecule has 1 aliphatic heterocycles. The van der Waals surface area contributed by atoms with Crippen molar-refractivity contribution in [2.45, 2.75) is 79.0 Å². The van der Waals surface area contributed by atoms with Crippen LogP contribution in [0.3, 0.4) is 0 Å². The van der Waals surface area contributed by atoms with Crippen molar-refractivity contribution in [3.63, 3.8) is 0 Å². The van der Waals surface area contributed by atoms with Gasteiger partial charge in [-0.15, -0.1) is 0 Å². The van der Waals surface area contributed by atoms with E-state index in [1.165, 1.54) is 7.11 Å². The third-order valence-electron chi connectivity index (χ3n) is 6.23. The molecule has 3 N–H and O–H groups in total. The summed E-state index contributed by atoms with van der Waals surface area (Å²) in [6.07, 6.45) is 0.956. The minimum atomic E-state index is -4.45. The van der Waals surface area contributed by atoms with Crippen molar-refractivity contribution in [2.75, 3.05) is 7.11 Å². The second-order valence-electron chi connectivity index (χ2n) is 8.55. The molecule has 0 spiro atoms. The number of aliphatic imine (C=N–C) groups is 1. The minimum absolute atomic E-state index is 0. The molecule has 0 aromatic carbocycles. The topological polar surface area (TPSA) is 112 Å². The van der Waals surface area contributed by atoms with Gasteiger partial charge in [0, 0.05) is 35.5 Å². The summed E-state index contributed by atoms with van der Waals surface area (Å²) in [6.45, 7) is 15.4. The average molecular weight is 549 g/mol. The lowest BCUT2D eigenvalue weighted by Gasteiger charge is -2.28. The molecular formula is C29H39F3N4O3. The number of hydrogen-bond acceptors (Lipinski definition) is 6. The van der Waals surface area contributed by atoms with Gasteiger partial charge >= 0.3 is 12.2 Å². The minimum Gasteiger partial charge on any atom is -0.467 e. The molecule has 0 fully saturated rings. The Balaban J connectivity index is 0.00000145. The summed E-state index contributed by atoms with van der Waals surface area (Å²) in [6, 6.07) is 3.75. The van der Waals surface area contributed by atoms with E-state index in [-0.39, 0.29) is 23.6 Å². The third kappa shape index (κ3) is 7.60. The highest BCUT2D eigenvalue weighted by Crippen LogP contribution is 2.41. The highest BCUT2D eigenvalue weighted by molar-refractivity contribution is 6.02. The Labute approximate surface area is 228 Å². The van der Waals surface area contributed by atoms with Gasteiger partial charge in [0.2, 0.25) is 0 Å². The van der Waals surface area contributed by atoms with Gasteiger partial charge in [-0.1, -0.05) is 47.3 Å². The summed E-state index contributed by atoms with van der Waals surface area (Å²) >= 11 is 0. The first kappa shape index (κ1) is 33.7. The second-order valence-corrected chi connectivity index (χ2v) is 8.55. The highest BCUT2D eigenvalue weighted by Gasteiger charge is 2.37. The quantitative estimate of drug-likeness (QED) is 0.448. The lowest BCUT2D eigenvalue weighted by Crippen LogP contribution is -2.26. The zero-order valence-corrected chi connectivity index (χ0v) is 23.7. The van der Waals surface area contributed by atoms with Gasteiger partial charge in [0.1, 0.15) is 0 Å². The Kier molecular flexibility index (Phi) is 12.2. The zero-order valence-electron chi connectivity index (χ0n) is 23.7. The van der Waals surface area contributed by atoms with E-state index in [0.717, 1.165) is 11.6 Å². The molecule has 0 saturated carbocycles. The fraction of sp³-hybridized carbons (Fsp3) is 0.448. The SMILES string of the molecule is C=C1CC(C(F)(F)F)=CC2=C1CCC(c1nc(-c3cnc(OC)nc3)ccc1C(C)(O)CC)=N2.CC.CC.O. The van der Waals surface area contributed by atoms with Crippen molar-refractivity contribution < 1.29 is 28.5 Å². The van der Waals surface area contributed by atoms with Crippen LogP contribution in [0.4, 0.5) is 13.2 Å². The number of halogens is 3. The molecule has 0 bridgehead atoms. The van der Waals surface area contributed by atoms with Crippen LogP contribution in [0, 0.1) is 0 Å². The molecule has 1 atom stereocenters. The maximum atomic E-state index is 13.4. The first-order chi connectivity index (χ1) is 18.0. The van der Waals surface area contributed by atoms with Crippen LogP contribution in [0.25, 0.3) is 11.3 Å². The molecule has 3 heterocycles. The van der Waals surface area contributed by atoms with E-state index in [4.69, 9.17) is 9.72 Å². The Morgan fingerprint density at radius 3 is 2.21 bits per heavy atom. The molecular weight excluding hydrogens is 509 g/mol. The first-order valence-corrected chi connectivity index (χ1v) is 12.9. The number of allylic oxidation sites excluding steroid dienone is 4. The third-order valence-corrected chi connectivity index (χ3v) is 6.23. The molecule has 0 saturated heterocycles. The fourth-order valence-electron chi connectivity index (χ4n) is 4.04. The molecule has 4 rings (SSSR count). The van der Waals surface area contributed by atoms with Crippen LogP contribution in [0.1, 0.15) is 78.5 Å². The lowest BCUT2D eigenvalue weighted by molar-refractivity contribution is -0.0933. The van der Waals surface area contributed by atoms with Crippen molar-refractivity contribution in [3.05, 3.63) is 70.9 Å².